The van der Waals surface area contributed by atoms with E-state index in [1.165, 1.54) is 17.2 Å². The average Bonchev–Trinajstić information content (AvgIpc) is 2.28. The number of aromatic nitrogens is 1. The number of carbonyl (C=O) groups is 1. The van der Waals surface area contributed by atoms with Crippen LogP contribution in [-0.2, 0) is 0 Å². The molecule has 0 atom stereocenters. The van der Waals surface area contributed by atoms with Crippen LogP contribution in [0.1, 0.15) is 16.8 Å². The predicted octanol–water partition coefficient (Wildman–Crippen LogP) is 1.24. The van der Waals surface area contributed by atoms with E-state index in [2.05, 4.69) is 4.98 Å². The van der Waals surface area contributed by atoms with Crippen LogP contribution in [0.5, 0.6) is 0 Å². The molecule has 0 aliphatic rings. The van der Waals surface area contributed by atoms with E-state index in [4.69, 9.17) is 0 Å². The van der Waals surface area contributed by atoms with Gasteiger partial charge in [-0.25, -0.2) is 4.98 Å². The molecule has 0 N–H and O–H groups in total. The summed E-state index contributed by atoms with van der Waals surface area (Å²) in [6.45, 7) is 1.50. The number of hydrogen-bond acceptors (Lipinski definition) is 3. The highest BCUT2D eigenvalue weighted by Gasteiger charge is 2.15. The highest BCUT2D eigenvalue weighted by Crippen LogP contribution is 2.06. The monoisotopic (exact) mass is 239 g/mol. The van der Waals surface area contributed by atoms with Gasteiger partial charge in [0.15, 0.2) is 0 Å². The summed E-state index contributed by atoms with van der Waals surface area (Å²) in [7, 11) is 5.62. The Labute approximate surface area is 101 Å². The Kier molecular flexibility index (Phi) is 5.03. The van der Waals surface area contributed by atoms with Gasteiger partial charge in [-0.05, 0) is 39.2 Å². The number of carbonyl (C=O) groups excluding carboxylic acids is 1. The number of rotatable bonds is 5. The van der Waals surface area contributed by atoms with Gasteiger partial charge in [0.05, 0.1) is 5.56 Å². The minimum absolute atomic E-state index is 0.0276. The van der Waals surface area contributed by atoms with E-state index in [1.807, 2.05) is 19.0 Å². The van der Waals surface area contributed by atoms with Crippen LogP contribution in [0.3, 0.4) is 0 Å². The Morgan fingerprint density at radius 2 is 2.06 bits per heavy atom. The number of amides is 1. The van der Waals surface area contributed by atoms with Gasteiger partial charge in [0, 0.05) is 19.8 Å². The fourth-order valence-electron chi connectivity index (χ4n) is 1.48. The molecule has 0 spiro atoms. The Balaban J connectivity index is 2.55. The van der Waals surface area contributed by atoms with Gasteiger partial charge in [-0.2, -0.15) is 4.39 Å². The fourth-order valence-corrected chi connectivity index (χ4v) is 1.48. The second kappa shape index (κ2) is 6.30. The summed E-state index contributed by atoms with van der Waals surface area (Å²) in [5.41, 5.74) is 0.0276. The molecule has 1 aromatic rings. The molecule has 1 heterocycles. The van der Waals surface area contributed by atoms with E-state index >= 15 is 0 Å². The summed E-state index contributed by atoms with van der Waals surface area (Å²) < 4.78 is 13.3. The Hall–Kier alpha value is -1.49. The van der Waals surface area contributed by atoms with Gasteiger partial charge in [0.1, 0.15) is 0 Å². The quantitative estimate of drug-likeness (QED) is 0.725. The van der Waals surface area contributed by atoms with Crippen molar-refractivity contribution in [2.24, 2.45) is 0 Å². The summed E-state index contributed by atoms with van der Waals surface area (Å²) in [6, 6.07) is 3.01. The first-order chi connectivity index (χ1) is 8.02. The molecule has 1 rings (SSSR count). The first-order valence-corrected chi connectivity index (χ1v) is 5.53. The summed E-state index contributed by atoms with van der Waals surface area (Å²) in [4.78, 5) is 18.9. The van der Waals surface area contributed by atoms with Gasteiger partial charge in [-0.3, -0.25) is 4.79 Å². The lowest BCUT2D eigenvalue weighted by Crippen LogP contribution is -2.30. The van der Waals surface area contributed by atoms with Crippen molar-refractivity contribution in [1.29, 1.82) is 0 Å². The van der Waals surface area contributed by atoms with Crippen molar-refractivity contribution in [1.82, 2.24) is 14.8 Å². The third kappa shape index (κ3) is 4.11. The molecule has 1 aromatic heterocycles. The van der Waals surface area contributed by atoms with Crippen LogP contribution in [0.25, 0.3) is 0 Å². The summed E-state index contributed by atoms with van der Waals surface area (Å²) >= 11 is 0. The second-order valence-corrected chi connectivity index (χ2v) is 4.23. The zero-order valence-electron chi connectivity index (χ0n) is 10.5. The van der Waals surface area contributed by atoms with Crippen molar-refractivity contribution < 1.29 is 9.18 Å². The number of hydrogen-bond donors (Lipinski definition) is 0. The van der Waals surface area contributed by atoms with Crippen molar-refractivity contribution in [3.63, 3.8) is 0 Å². The second-order valence-electron chi connectivity index (χ2n) is 4.23. The molecule has 0 saturated heterocycles. The van der Waals surface area contributed by atoms with Crippen LogP contribution in [0.2, 0.25) is 0 Å². The van der Waals surface area contributed by atoms with Gasteiger partial charge in [-0.1, -0.05) is 0 Å². The minimum atomic E-state index is -0.711. The Morgan fingerprint density at radius 1 is 1.35 bits per heavy atom. The maximum absolute atomic E-state index is 13.3. The van der Waals surface area contributed by atoms with E-state index in [-0.39, 0.29) is 11.5 Å². The van der Waals surface area contributed by atoms with Crippen LogP contribution in [0.4, 0.5) is 4.39 Å². The summed E-state index contributed by atoms with van der Waals surface area (Å²) in [5.74, 6) is -1.04. The lowest BCUT2D eigenvalue weighted by atomic mass is 10.2. The van der Waals surface area contributed by atoms with Crippen molar-refractivity contribution in [3.8, 4) is 0 Å². The minimum Gasteiger partial charge on any atom is -0.342 e. The zero-order chi connectivity index (χ0) is 12.8. The predicted molar refractivity (Wildman–Crippen MR) is 64.3 cm³/mol. The molecule has 0 saturated carbocycles. The number of halogens is 1. The topological polar surface area (TPSA) is 36.4 Å². The maximum atomic E-state index is 13.3. The molecule has 5 heteroatoms. The highest BCUT2D eigenvalue weighted by atomic mass is 19.1. The van der Waals surface area contributed by atoms with E-state index in [0.29, 0.717) is 6.54 Å². The van der Waals surface area contributed by atoms with E-state index in [1.54, 1.807) is 13.1 Å². The molecule has 17 heavy (non-hydrogen) atoms. The van der Waals surface area contributed by atoms with E-state index in [9.17, 15) is 9.18 Å². The van der Waals surface area contributed by atoms with Crippen molar-refractivity contribution in [2.75, 3.05) is 34.2 Å². The van der Waals surface area contributed by atoms with Gasteiger partial charge < -0.3 is 9.80 Å². The van der Waals surface area contributed by atoms with E-state index in [0.717, 1.165) is 13.0 Å². The zero-order valence-corrected chi connectivity index (χ0v) is 10.5. The van der Waals surface area contributed by atoms with Gasteiger partial charge in [0.25, 0.3) is 5.91 Å². The summed E-state index contributed by atoms with van der Waals surface area (Å²) in [6.07, 6.45) is 2.19. The van der Waals surface area contributed by atoms with Crippen LogP contribution in [0, 0.1) is 5.95 Å². The molecule has 0 aromatic carbocycles. The molecular formula is C12H18FN3O. The molecule has 0 fully saturated rings. The molecule has 1 amide bonds. The highest BCUT2D eigenvalue weighted by molar-refractivity contribution is 5.93. The third-order valence-corrected chi connectivity index (χ3v) is 2.44. The molecule has 94 valence electrons. The van der Waals surface area contributed by atoms with Gasteiger partial charge >= 0.3 is 0 Å². The molecule has 4 nitrogen and oxygen atoms in total. The normalized spacial score (nSPS) is 10.6. The number of pyridine rings is 1. The lowest BCUT2D eigenvalue weighted by Gasteiger charge is -2.18. The average molecular weight is 239 g/mol. The van der Waals surface area contributed by atoms with Crippen LogP contribution in [0.15, 0.2) is 18.3 Å². The van der Waals surface area contributed by atoms with Crippen molar-refractivity contribution in [2.45, 2.75) is 6.42 Å². The first-order valence-electron chi connectivity index (χ1n) is 5.53. The lowest BCUT2D eigenvalue weighted by molar-refractivity contribution is 0.0785. The van der Waals surface area contributed by atoms with Gasteiger partial charge in [-0.15, -0.1) is 0 Å². The first kappa shape index (κ1) is 13.6. The molecular weight excluding hydrogens is 221 g/mol. The van der Waals surface area contributed by atoms with Crippen molar-refractivity contribution >= 4 is 5.91 Å². The smallest absolute Gasteiger partial charge is 0.258 e. The van der Waals surface area contributed by atoms with E-state index < -0.39 is 5.95 Å². The molecule has 0 aliphatic carbocycles. The molecule has 0 aliphatic heterocycles. The van der Waals surface area contributed by atoms with Crippen LogP contribution < -0.4 is 0 Å². The van der Waals surface area contributed by atoms with Crippen molar-refractivity contribution in [3.05, 3.63) is 29.8 Å². The molecule has 0 radical (unpaired) electrons. The number of nitrogens with zero attached hydrogens (tertiary/aromatic N) is 3. The third-order valence-electron chi connectivity index (χ3n) is 2.44. The SMILES string of the molecule is CN(C)CCCN(C)C(=O)c1cccnc1F. The summed E-state index contributed by atoms with van der Waals surface area (Å²) in [5, 5.41) is 0. The molecule has 0 bridgehead atoms. The Morgan fingerprint density at radius 3 is 2.65 bits per heavy atom. The van der Waals surface area contributed by atoms with Crippen LogP contribution in [-0.4, -0.2) is 54.9 Å². The molecule has 0 unspecified atom stereocenters. The van der Waals surface area contributed by atoms with Gasteiger partial charge in [0.2, 0.25) is 5.95 Å². The standard InChI is InChI=1S/C12H18FN3O/c1-15(2)8-5-9-16(3)12(17)10-6-4-7-14-11(10)13/h4,6-7H,5,8-9H2,1-3H3. The fraction of sp³-hybridized carbons (Fsp3) is 0.500. The van der Waals surface area contributed by atoms with Crippen LogP contribution >= 0.6 is 0 Å². The largest absolute Gasteiger partial charge is 0.342 e. The Bertz CT molecular complexity index is 382. The maximum Gasteiger partial charge on any atom is 0.258 e.